The second-order valence-electron chi connectivity index (χ2n) is 5.05. The molecule has 1 aromatic carbocycles. The average Bonchev–Trinajstić information content (AvgIpc) is 3.31. The molecule has 1 unspecified atom stereocenters. The lowest BCUT2D eigenvalue weighted by Gasteiger charge is -2.15. The van der Waals surface area contributed by atoms with Gasteiger partial charge in [0.1, 0.15) is 0 Å². The van der Waals surface area contributed by atoms with Gasteiger partial charge in [0.2, 0.25) is 0 Å². The first-order valence-electron chi connectivity index (χ1n) is 6.78. The third kappa shape index (κ3) is 2.79. The molecule has 0 spiro atoms. The largest absolute Gasteiger partial charge is 0.479 e. The minimum Gasteiger partial charge on any atom is -0.479 e. The fourth-order valence-corrected chi connectivity index (χ4v) is 2.23. The van der Waals surface area contributed by atoms with Crippen LogP contribution < -0.4 is 10.9 Å². The van der Waals surface area contributed by atoms with E-state index in [1.165, 1.54) is 6.20 Å². The average molecular weight is 285 g/mol. The first-order valence-corrected chi connectivity index (χ1v) is 6.78. The number of hydrogen-bond acceptors (Lipinski definition) is 4. The van der Waals surface area contributed by atoms with E-state index in [9.17, 15) is 14.7 Å². The van der Waals surface area contributed by atoms with E-state index in [0.717, 1.165) is 12.8 Å². The van der Waals surface area contributed by atoms with E-state index in [0.29, 0.717) is 5.56 Å². The van der Waals surface area contributed by atoms with Gasteiger partial charge in [0, 0.05) is 18.4 Å². The molecule has 1 saturated carbocycles. The van der Waals surface area contributed by atoms with Crippen molar-refractivity contribution in [3.05, 3.63) is 58.6 Å². The number of carbonyl (C=O) groups is 1. The Bertz CT molecular complexity index is 708. The van der Waals surface area contributed by atoms with Crippen molar-refractivity contribution in [3.63, 3.8) is 0 Å². The number of anilines is 1. The van der Waals surface area contributed by atoms with Gasteiger partial charge in [0.15, 0.2) is 11.9 Å². The molecule has 1 atom stereocenters. The van der Waals surface area contributed by atoms with Crippen LogP contribution in [0.15, 0.2) is 47.5 Å². The van der Waals surface area contributed by atoms with Crippen molar-refractivity contribution in [2.24, 2.45) is 0 Å². The third-order valence-corrected chi connectivity index (χ3v) is 3.47. The van der Waals surface area contributed by atoms with Crippen molar-refractivity contribution < 1.29 is 9.90 Å². The van der Waals surface area contributed by atoms with E-state index >= 15 is 0 Å². The highest BCUT2D eigenvalue weighted by molar-refractivity contribution is 5.78. The summed E-state index contributed by atoms with van der Waals surface area (Å²) in [7, 11) is 0. The number of nitrogens with zero attached hydrogens (tertiary/aromatic N) is 2. The van der Waals surface area contributed by atoms with Crippen LogP contribution in [-0.2, 0) is 4.79 Å². The number of carboxylic acid groups (broad SMARTS) is 1. The predicted octanol–water partition coefficient (Wildman–Crippen LogP) is 1.82. The van der Waals surface area contributed by atoms with Crippen LogP contribution in [0.3, 0.4) is 0 Å². The Morgan fingerprint density at radius 3 is 2.67 bits per heavy atom. The normalized spacial score (nSPS) is 15.4. The number of carboxylic acids is 1. The van der Waals surface area contributed by atoms with Crippen molar-refractivity contribution in [3.8, 4) is 0 Å². The summed E-state index contributed by atoms with van der Waals surface area (Å²) in [5.74, 6) is -0.982. The number of rotatable bonds is 5. The fourth-order valence-electron chi connectivity index (χ4n) is 2.23. The smallest absolute Gasteiger partial charge is 0.330 e. The highest BCUT2D eigenvalue weighted by atomic mass is 16.4. The van der Waals surface area contributed by atoms with Crippen LogP contribution in [0, 0.1) is 0 Å². The third-order valence-electron chi connectivity index (χ3n) is 3.47. The van der Waals surface area contributed by atoms with Gasteiger partial charge in [-0.3, -0.25) is 4.79 Å². The lowest BCUT2D eigenvalue weighted by atomic mass is 10.1. The summed E-state index contributed by atoms with van der Waals surface area (Å²) >= 11 is 0. The molecule has 1 aliphatic carbocycles. The van der Waals surface area contributed by atoms with E-state index in [-0.39, 0.29) is 17.4 Å². The topological polar surface area (TPSA) is 84.2 Å². The molecule has 1 heterocycles. The highest BCUT2D eigenvalue weighted by Gasteiger charge is 2.27. The highest BCUT2D eigenvalue weighted by Crippen LogP contribution is 2.33. The van der Waals surface area contributed by atoms with Crippen molar-refractivity contribution in [2.75, 3.05) is 5.32 Å². The molecule has 2 N–H and O–H groups in total. The van der Waals surface area contributed by atoms with Crippen LogP contribution in [0.5, 0.6) is 0 Å². The molecule has 6 heteroatoms. The van der Waals surface area contributed by atoms with Crippen molar-refractivity contribution in [1.82, 2.24) is 9.55 Å². The number of aromatic nitrogens is 2. The Morgan fingerprint density at radius 2 is 2.05 bits per heavy atom. The molecule has 1 aromatic heterocycles. The van der Waals surface area contributed by atoms with E-state index in [2.05, 4.69) is 10.3 Å². The molecular weight excluding hydrogens is 270 g/mol. The zero-order chi connectivity index (χ0) is 14.8. The maximum atomic E-state index is 12.3. The molecule has 0 radical (unpaired) electrons. The number of aliphatic carboxylic acids is 1. The molecule has 0 aliphatic heterocycles. The van der Waals surface area contributed by atoms with Crippen LogP contribution >= 0.6 is 0 Å². The lowest BCUT2D eigenvalue weighted by molar-refractivity contribution is -0.138. The Balaban J connectivity index is 1.92. The second-order valence-corrected chi connectivity index (χ2v) is 5.05. The molecule has 108 valence electrons. The minimum atomic E-state index is -1.05. The van der Waals surface area contributed by atoms with Crippen LogP contribution in [0.1, 0.15) is 30.5 Å². The molecular formula is C15H15N3O3. The molecule has 0 saturated heterocycles. The van der Waals surface area contributed by atoms with Crippen molar-refractivity contribution in [2.45, 2.75) is 24.9 Å². The van der Waals surface area contributed by atoms with Crippen molar-refractivity contribution >= 4 is 11.8 Å². The van der Waals surface area contributed by atoms with E-state index in [1.54, 1.807) is 35.0 Å². The van der Waals surface area contributed by atoms with E-state index < -0.39 is 12.0 Å². The Labute approximate surface area is 121 Å². The van der Waals surface area contributed by atoms with Gasteiger partial charge in [0.05, 0.1) is 0 Å². The van der Waals surface area contributed by atoms with Crippen LogP contribution in [0.2, 0.25) is 0 Å². The summed E-state index contributed by atoms with van der Waals surface area (Å²) < 4.78 is 1.61. The van der Waals surface area contributed by atoms with Gasteiger partial charge in [-0.15, -0.1) is 0 Å². The van der Waals surface area contributed by atoms with E-state index in [1.807, 2.05) is 6.07 Å². The standard InChI is InChI=1S/C15H15N3O3/c19-14-13(16-8-9-18(14)11-6-7-11)17-12(15(20)21)10-4-2-1-3-5-10/h1-5,8-9,11-12H,6-7H2,(H,16,17)(H,20,21). The summed E-state index contributed by atoms with van der Waals surface area (Å²) in [5, 5.41) is 12.1. The maximum Gasteiger partial charge on any atom is 0.330 e. The van der Waals surface area contributed by atoms with Gasteiger partial charge in [-0.1, -0.05) is 30.3 Å². The summed E-state index contributed by atoms with van der Waals surface area (Å²) in [5.41, 5.74) is 0.301. The van der Waals surface area contributed by atoms with Gasteiger partial charge in [-0.05, 0) is 18.4 Å². The first-order chi connectivity index (χ1) is 10.2. The molecule has 6 nitrogen and oxygen atoms in total. The van der Waals surface area contributed by atoms with Crippen LogP contribution in [-0.4, -0.2) is 20.6 Å². The quantitative estimate of drug-likeness (QED) is 0.875. The molecule has 1 fully saturated rings. The van der Waals surface area contributed by atoms with Crippen LogP contribution in [0.4, 0.5) is 5.82 Å². The number of hydrogen-bond donors (Lipinski definition) is 2. The lowest BCUT2D eigenvalue weighted by Crippen LogP contribution is -2.28. The Hall–Kier alpha value is -2.63. The monoisotopic (exact) mass is 285 g/mol. The molecule has 0 amide bonds. The van der Waals surface area contributed by atoms with Gasteiger partial charge >= 0.3 is 5.97 Å². The SMILES string of the molecule is O=C(O)C(Nc1nccn(C2CC2)c1=O)c1ccccc1. The van der Waals surface area contributed by atoms with Crippen LogP contribution in [0.25, 0.3) is 0 Å². The van der Waals surface area contributed by atoms with Gasteiger partial charge in [0.25, 0.3) is 5.56 Å². The second kappa shape index (κ2) is 5.40. The summed E-state index contributed by atoms with van der Waals surface area (Å²) in [6, 6.07) is 7.95. The first kappa shape index (κ1) is 13.4. The zero-order valence-electron chi connectivity index (χ0n) is 11.3. The van der Waals surface area contributed by atoms with Gasteiger partial charge in [-0.25, -0.2) is 9.78 Å². The summed E-state index contributed by atoms with van der Waals surface area (Å²) in [6.07, 6.45) is 5.12. The van der Waals surface area contributed by atoms with E-state index in [4.69, 9.17) is 0 Å². The molecule has 3 rings (SSSR count). The van der Waals surface area contributed by atoms with Gasteiger partial charge < -0.3 is 15.0 Å². The maximum absolute atomic E-state index is 12.3. The predicted molar refractivity (Wildman–Crippen MR) is 77.2 cm³/mol. The minimum absolute atomic E-state index is 0.0700. The Kier molecular flexibility index (Phi) is 3.43. The fraction of sp³-hybridized carbons (Fsp3) is 0.267. The summed E-state index contributed by atoms with van der Waals surface area (Å²) in [6.45, 7) is 0. The molecule has 0 bridgehead atoms. The zero-order valence-corrected chi connectivity index (χ0v) is 11.3. The Morgan fingerprint density at radius 1 is 1.33 bits per heavy atom. The van der Waals surface area contributed by atoms with Crippen molar-refractivity contribution in [1.29, 1.82) is 0 Å². The number of benzene rings is 1. The molecule has 21 heavy (non-hydrogen) atoms. The number of nitrogens with one attached hydrogen (secondary N) is 1. The molecule has 1 aliphatic rings. The molecule has 2 aromatic rings. The van der Waals surface area contributed by atoms with Gasteiger partial charge in [-0.2, -0.15) is 0 Å². The summed E-state index contributed by atoms with van der Waals surface area (Å²) in [4.78, 5) is 27.7.